The number of benzene rings is 1. The third-order valence-corrected chi connectivity index (χ3v) is 7.12. The molecule has 0 aliphatic carbocycles. The number of aryl methyl sites for hydroxylation is 1. The maximum Gasteiger partial charge on any atom is 0.126 e. The van der Waals surface area contributed by atoms with Gasteiger partial charge in [0.15, 0.2) is 0 Å². The minimum absolute atomic E-state index is 0.153. The molecule has 4 saturated heterocycles. The molecule has 2 aromatic rings. The zero-order chi connectivity index (χ0) is 18.7. The van der Waals surface area contributed by atoms with Gasteiger partial charge < -0.3 is 0 Å². The summed E-state index contributed by atoms with van der Waals surface area (Å²) in [6.45, 7) is 6.03. The van der Waals surface area contributed by atoms with Gasteiger partial charge in [0.05, 0.1) is 6.20 Å². The van der Waals surface area contributed by atoms with E-state index in [0.29, 0.717) is 18.0 Å². The lowest BCUT2D eigenvalue weighted by atomic mass is 9.75. The average Bonchev–Trinajstić information content (AvgIpc) is 3.19. The summed E-state index contributed by atoms with van der Waals surface area (Å²) in [4.78, 5) is 5.12. The molecular formula is C21H26F2N4. The van der Waals surface area contributed by atoms with Gasteiger partial charge in [-0.05, 0) is 56.5 Å². The quantitative estimate of drug-likeness (QED) is 0.828. The summed E-state index contributed by atoms with van der Waals surface area (Å²) >= 11 is 0. The van der Waals surface area contributed by atoms with E-state index in [-0.39, 0.29) is 5.92 Å². The van der Waals surface area contributed by atoms with Crippen molar-refractivity contribution in [2.45, 2.75) is 44.3 Å². The Bertz CT molecular complexity index is 836. The first-order chi connectivity index (χ1) is 13.0. The minimum atomic E-state index is -0.473. The van der Waals surface area contributed by atoms with Crippen molar-refractivity contribution in [3.05, 3.63) is 52.9 Å². The van der Waals surface area contributed by atoms with Crippen LogP contribution in [0.4, 0.5) is 8.78 Å². The maximum atomic E-state index is 13.9. The van der Waals surface area contributed by atoms with Crippen molar-refractivity contribution < 1.29 is 8.78 Å². The molecule has 144 valence electrons. The highest BCUT2D eigenvalue weighted by Crippen LogP contribution is 2.47. The van der Waals surface area contributed by atoms with Crippen molar-refractivity contribution >= 4 is 0 Å². The minimum Gasteiger partial charge on any atom is -0.298 e. The lowest BCUT2D eigenvalue weighted by Crippen LogP contribution is -2.60. The number of hydrogen-bond acceptors (Lipinski definition) is 3. The molecule has 4 nitrogen and oxygen atoms in total. The number of fused-ring (bicyclic) bond motifs is 2. The third kappa shape index (κ3) is 2.81. The molecule has 2 bridgehead atoms. The van der Waals surface area contributed by atoms with Crippen LogP contribution in [0.2, 0.25) is 0 Å². The van der Waals surface area contributed by atoms with E-state index in [9.17, 15) is 8.78 Å². The summed E-state index contributed by atoms with van der Waals surface area (Å²) in [7, 11) is 1.97. The second-order valence-electron chi connectivity index (χ2n) is 8.47. The van der Waals surface area contributed by atoms with Gasteiger partial charge in [0.25, 0.3) is 0 Å². The smallest absolute Gasteiger partial charge is 0.126 e. The van der Waals surface area contributed by atoms with Gasteiger partial charge in [-0.1, -0.05) is 0 Å². The van der Waals surface area contributed by atoms with Gasteiger partial charge in [-0.15, -0.1) is 0 Å². The average molecular weight is 372 g/mol. The van der Waals surface area contributed by atoms with Crippen molar-refractivity contribution in [3.63, 3.8) is 0 Å². The van der Waals surface area contributed by atoms with Crippen LogP contribution < -0.4 is 0 Å². The largest absolute Gasteiger partial charge is 0.298 e. The third-order valence-electron chi connectivity index (χ3n) is 7.12. The highest BCUT2D eigenvalue weighted by atomic mass is 19.1. The molecule has 0 spiro atoms. The SMILES string of the molecule is Cc1c(CN2C[C@H](c3cc(F)cc(F)c3)[C@H]3[C@@H]2C2CCN3CC2)cnn1C. The first-order valence-electron chi connectivity index (χ1n) is 9.93. The van der Waals surface area contributed by atoms with Crippen molar-refractivity contribution in [1.29, 1.82) is 0 Å². The number of nitrogens with zero attached hydrogens (tertiary/aromatic N) is 4. The molecular weight excluding hydrogens is 346 g/mol. The predicted octanol–water partition coefficient (Wildman–Crippen LogP) is 3.07. The molecule has 3 atom stereocenters. The van der Waals surface area contributed by atoms with Gasteiger partial charge >= 0.3 is 0 Å². The van der Waals surface area contributed by atoms with Crippen molar-refractivity contribution in [1.82, 2.24) is 19.6 Å². The van der Waals surface area contributed by atoms with Crippen LogP contribution in [0.25, 0.3) is 0 Å². The van der Waals surface area contributed by atoms with Gasteiger partial charge in [-0.3, -0.25) is 14.5 Å². The van der Waals surface area contributed by atoms with Crippen LogP contribution in [0.1, 0.15) is 35.6 Å². The number of piperidine rings is 3. The van der Waals surface area contributed by atoms with Crippen molar-refractivity contribution in [2.75, 3.05) is 19.6 Å². The first-order valence-corrected chi connectivity index (χ1v) is 9.93. The molecule has 1 aromatic carbocycles. The van der Waals surface area contributed by atoms with Crippen LogP contribution in [0, 0.1) is 24.5 Å². The summed E-state index contributed by atoms with van der Waals surface area (Å²) in [5.41, 5.74) is 3.24. The van der Waals surface area contributed by atoms with Gasteiger partial charge in [0, 0.05) is 55.5 Å². The number of rotatable bonds is 3. The number of halogens is 2. The van der Waals surface area contributed by atoms with Crippen LogP contribution in [-0.2, 0) is 13.6 Å². The van der Waals surface area contributed by atoms with Gasteiger partial charge in [0.1, 0.15) is 11.6 Å². The molecule has 4 fully saturated rings. The summed E-state index contributed by atoms with van der Waals surface area (Å²) in [5.74, 6) is -0.112. The fourth-order valence-electron chi connectivity index (χ4n) is 5.72. The molecule has 27 heavy (non-hydrogen) atoms. The van der Waals surface area contributed by atoms with E-state index in [2.05, 4.69) is 21.8 Å². The van der Waals surface area contributed by atoms with E-state index in [4.69, 9.17) is 0 Å². The zero-order valence-corrected chi connectivity index (χ0v) is 15.9. The van der Waals surface area contributed by atoms with Gasteiger partial charge in [-0.25, -0.2) is 8.78 Å². The molecule has 0 unspecified atom stereocenters. The van der Waals surface area contributed by atoms with E-state index >= 15 is 0 Å². The molecule has 0 N–H and O–H groups in total. The number of hydrogen-bond donors (Lipinski definition) is 0. The van der Waals surface area contributed by atoms with E-state index < -0.39 is 11.6 Å². The van der Waals surface area contributed by atoms with Crippen LogP contribution in [0.15, 0.2) is 24.4 Å². The van der Waals surface area contributed by atoms with E-state index in [1.807, 2.05) is 17.9 Å². The molecule has 5 heterocycles. The van der Waals surface area contributed by atoms with Crippen LogP contribution in [-0.4, -0.2) is 51.3 Å². The molecule has 1 aromatic heterocycles. The fourth-order valence-corrected chi connectivity index (χ4v) is 5.72. The summed E-state index contributed by atoms with van der Waals surface area (Å²) in [6.07, 6.45) is 4.42. The summed E-state index contributed by atoms with van der Waals surface area (Å²) < 4.78 is 29.7. The Morgan fingerprint density at radius 3 is 2.41 bits per heavy atom. The monoisotopic (exact) mass is 372 g/mol. The second kappa shape index (κ2) is 6.38. The first kappa shape index (κ1) is 17.3. The molecule has 0 amide bonds. The van der Waals surface area contributed by atoms with E-state index in [1.54, 1.807) is 0 Å². The Morgan fingerprint density at radius 2 is 1.78 bits per heavy atom. The normalized spacial score (nSPS) is 32.8. The Kier molecular flexibility index (Phi) is 4.09. The van der Waals surface area contributed by atoms with Crippen LogP contribution >= 0.6 is 0 Å². The molecule has 6 rings (SSSR count). The number of likely N-dealkylation sites (tertiary alicyclic amines) is 1. The Labute approximate surface area is 158 Å². The van der Waals surface area contributed by atoms with E-state index in [0.717, 1.165) is 37.8 Å². The lowest BCUT2D eigenvalue weighted by molar-refractivity contribution is -0.00876. The molecule has 0 radical (unpaired) electrons. The Hall–Kier alpha value is -1.79. The van der Waals surface area contributed by atoms with Gasteiger partial charge in [0.2, 0.25) is 0 Å². The fraction of sp³-hybridized carbons (Fsp3) is 0.571. The molecule has 0 saturated carbocycles. The van der Waals surface area contributed by atoms with Crippen LogP contribution in [0.5, 0.6) is 0 Å². The van der Waals surface area contributed by atoms with E-state index in [1.165, 1.54) is 36.2 Å². The summed E-state index contributed by atoms with van der Waals surface area (Å²) in [6, 6.07) is 4.86. The molecule has 6 heteroatoms. The number of aromatic nitrogens is 2. The van der Waals surface area contributed by atoms with Crippen molar-refractivity contribution in [3.8, 4) is 0 Å². The highest BCUT2D eigenvalue weighted by molar-refractivity contribution is 5.29. The van der Waals surface area contributed by atoms with Gasteiger partial charge in [-0.2, -0.15) is 5.10 Å². The second-order valence-corrected chi connectivity index (χ2v) is 8.47. The standard InChI is InChI=1S/C21H26F2N4/c1-13-16(10-24-25(13)2)11-27-12-19(15-7-17(22)9-18(23)8-15)21-20(27)14-3-5-26(21)6-4-14/h7-10,14,19-21H,3-6,11-12H2,1-2H3/t19-,20+,21+/m1/s1. The Balaban J connectivity index is 1.50. The topological polar surface area (TPSA) is 24.3 Å². The van der Waals surface area contributed by atoms with Crippen molar-refractivity contribution in [2.24, 2.45) is 13.0 Å². The molecule has 4 aliphatic heterocycles. The molecule has 4 aliphatic rings. The highest BCUT2D eigenvalue weighted by Gasteiger charge is 2.53. The Morgan fingerprint density at radius 1 is 1.07 bits per heavy atom. The predicted molar refractivity (Wildman–Crippen MR) is 99.3 cm³/mol. The zero-order valence-electron chi connectivity index (χ0n) is 15.9. The maximum absolute atomic E-state index is 13.9. The van der Waals surface area contributed by atoms with Crippen LogP contribution in [0.3, 0.4) is 0 Å². The lowest BCUT2D eigenvalue weighted by Gasteiger charge is -2.51. The summed E-state index contributed by atoms with van der Waals surface area (Å²) in [5, 5.41) is 4.39.